The molecule has 0 saturated heterocycles. The molecule has 0 N–H and O–H groups in total. The van der Waals surface area contributed by atoms with Crippen molar-refractivity contribution >= 4 is 33.0 Å². The number of furan rings is 1. The fraction of sp³-hybridized carbons (Fsp3) is 0.231. The Bertz CT molecular complexity index is 2160. The lowest BCUT2D eigenvalue weighted by molar-refractivity contribution is 0.585. The van der Waals surface area contributed by atoms with E-state index < -0.39 is 0 Å². The van der Waals surface area contributed by atoms with Gasteiger partial charge in [-0.15, -0.1) is 0 Å². The molecule has 3 heterocycles. The molecule has 0 aliphatic carbocycles. The summed E-state index contributed by atoms with van der Waals surface area (Å²) in [6.45, 7) is 15.7. The van der Waals surface area contributed by atoms with Crippen molar-refractivity contribution < 1.29 is 4.42 Å². The summed E-state index contributed by atoms with van der Waals surface area (Å²) in [4.78, 5) is 9.87. The van der Waals surface area contributed by atoms with Crippen LogP contribution in [0.15, 0.2) is 95.7 Å². The second kappa shape index (κ2) is 9.95. The minimum absolute atomic E-state index is 0.140. The highest BCUT2D eigenvalue weighted by Gasteiger charge is 2.29. The molecule has 7 aromatic rings. The fourth-order valence-electron chi connectivity index (χ4n) is 6.37. The maximum Gasteiger partial charge on any atom is 0.149 e. The van der Waals surface area contributed by atoms with Crippen LogP contribution >= 0.6 is 0 Å². The van der Waals surface area contributed by atoms with Crippen molar-refractivity contribution in [2.45, 2.75) is 59.8 Å². The number of imidazole rings is 1. The lowest BCUT2D eigenvalue weighted by Gasteiger charge is -2.29. The third-order valence-corrected chi connectivity index (χ3v) is 8.58. The highest BCUT2D eigenvalue weighted by atomic mass is 16.3. The Morgan fingerprint density at radius 3 is 2.37 bits per heavy atom. The zero-order valence-electron chi connectivity index (χ0n) is 26.0. The summed E-state index contributed by atoms with van der Waals surface area (Å²) in [7, 11) is 0. The van der Waals surface area contributed by atoms with E-state index in [1.807, 2.05) is 18.5 Å². The zero-order valence-corrected chi connectivity index (χ0v) is 26.0. The second-order valence-electron chi connectivity index (χ2n) is 13.1. The van der Waals surface area contributed by atoms with Crippen LogP contribution in [-0.2, 0) is 5.41 Å². The number of hydrogen-bond acceptors (Lipinski definition) is 3. The van der Waals surface area contributed by atoms with E-state index >= 15 is 0 Å². The third kappa shape index (κ3) is 4.44. The minimum Gasteiger partial charge on any atom is -0.455 e. The van der Waals surface area contributed by atoms with Gasteiger partial charge in [0.15, 0.2) is 0 Å². The fourth-order valence-corrected chi connectivity index (χ4v) is 6.37. The highest BCUT2D eigenvalue weighted by Crippen LogP contribution is 2.44. The summed E-state index contributed by atoms with van der Waals surface area (Å²) >= 11 is 0. The van der Waals surface area contributed by atoms with E-state index in [0.29, 0.717) is 0 Å². The Labute approximate surface area is 253 Å². The van der Waals surface area contributed by atoms with Gasteiger partial charge in [0.05, 0.1) is 28.5 Å². The molecular formula is C39H37N3O. The first-order valence-electron chi connectivity index (χ1n) is 15.1. The third-order valence-electron chi connectivity index (χ3n) is 8.58. The number of benzene rings is 4. The van der Waals surface area contributed by atoms with E-state index in [2.05, 4.69) is 131 Å². The van der Waals surface area contributed by atoms with Gasteiger partial charge in [-0.2, -0.15) is 0 Å². The number of aromatic nitrogens is 3. The van der Waals surface area contributed by atoms with E-state index in [1.54, 1.807) is 0 Å². The lowest BCUT2D eigenvalue weighted by Crippen LogP contribution is -2.18. The predicted octanol–water partition coefficient (Wildman–Crippen LogP) is 10.7. The van der Waals surface area contributed by atoms with Crippen molar-refractivity contribution in [2.75, 3.05) is 0 Å². The topological polar surface area (TPSA) is 43.9 Å². The summed E-state index contributed by atoms with van der Waals surface area (Å²) in [6, 6.07) is 28.3. The molecule has 0 unspecified atom stereocenters. The number of hydrogen-bond donors (Lipinski definition) is 0. The molecule has 0 fully saturated rings. The summed E-state index contributed by atoms with van der Waals surface area (Å²) in [5.74, 6) is 1.14. The Balaban J connectivity index is 1.62. The molecule has 43 heavy (non-hydrogen) atoms. The Morgan fingerprint density at radius 1 is 0.837 bits per heavy atom. The minimum atomic E-state index is -0.140. The monoisotopic (exact) mass is 563 g/mol. The molecule has 7 rings (SSSR count). The van der Waals surface area contributed by atoms with Crippen LogP contribution in [0.3, 0.4) is 0 Å². The van der Waals surface area contributed by atoms with Gasteiger partial charge < -0.3 is 4.42 Å². The van der Waals surface area contributed by atoms with Gasteiger partial charge in [-0.05, 0) is 88.9 Å². The van der Waals surface area contributed by atoms with Crippen LogP contribution in [0.2, 0.25) is 0 Å². The van der Waals surface area contributed by atoms with Crippen molar-refractivity contribution in [3.63, 3.8) is 0 Å². The smallest absolute Gasteiger partial charge is 0.149 e. The van der Waals surface area contributed by atoms with Crippen molar-refractivity contribution in [1.82, 2.24) is 14.5 Å². The van der Waals surface area contributed by atoms with Crippen LogP contribution in [0.5, 0.6) is 0 Å². The number of pyridine rings is 1. The molecule has 0 aliphatic rings. The molecular weight excluding hydrogens is 526 g/mol. The van der Waals surface area contributed by atoms with Gasteiger partial charge in [-0.25, -0.2) is 4.98 Å². The average Bonchev–Trinajstić information content (AvgIpc) is 3.55. The summed E-state index contributed by atoms with van der Waals surface area (Å²) < 4.78 is 9.01. The number of rotatable bonds is 4. The Hall–Kier alpha value is -4.70. The maximum atomic E-state index is 6.67. The van der Waals surface area contributed by atoms with Crippen LogP contribution in [-0.4, -0.2) is 14.5 Å². The SMILES string of the molecule is Cc1ccc2c(c1)oc1c(-c3nc4ccncc4n3-c3c(C(C)C)cc(-c4ccccc4)cc3C(C)(C)C)ccc(C)c12. The van der Waals surface area contributed by atoms with Crippen LogP contribution in [0.4, 0.5) is 0 Å². The highest BCUT2D eigenvalue weighted by molar-refractivity contribution is 6.11. The van der Waals surface area contributed by atoms with Crippen LogP contribution in [0.1, 0.15) is 62.8 Å². The normalized spacial score (nSPS) is 12.3. The zero-order chi connectivity index (χ0) is 30.0. The first-order valence-corrected chi connectivity index (χ1v) is 15.1. The Kier molecular flexibility index (Phi) is 6.28. The van der Waals surface area contributed by atoms with Crippen LogP contribution < -0.4 is 0 Å². The molecule has 4 nitrogen and oxygen atoms in total. The van der Waals surface area contributed by atoms with Crippen molar-refractivity contribution in [3.05, 3.63) is 114 Å². The van der Waals surface area contributed by atoms with E-state index in [4.69, 9.17) is 9.40 Å². The number of fused-ring (bicyclic) bond motifs is 4. The average molecular weight is 564 g/mol. The molecule has 0 bridgehead atoms. The van der Waals surface area contributed by atoms with Gasteiger partial charge in [0.25, 0.3) is 0 Å². The van der Waals surface area contributed by atoms with Crippen LogP contribution in [0.25, 0.3) is 61.2 Å². The molecule has 214 valence electrons. The van der Waals surface area contributed by atoms with Crippen LogP contribution in [0, 0.1) is 13.8 Å². The van der Waals surface area contributed by atoms with E-state index in [9.17, 15) is 0 Å². The van der Waals surface area contributed by atoms with Crippen molar-refractivity contribution in [3.8, 4) is 28.2 Å². The second-order valence-corrected chi connectivity index (χ2v) is 13.1. The maximum absolute atomic E-state index is 6.67. The summed E-state index contributed by atoms with van der Waals surface area (Å²) in [5.41, 5.74) is 13.0. The van der Waals surface area contributed by atoms with Gasteiger partial charge in [-0.1, -0.05) is 83.1 Å². The molecule has 0 saturated carbocycles. The van der Waals surface area contributed by atoms with Gasteiger partial charge in [0.1, 0.15) is 17.0 Å². The first kappa shape index (κ1) is 27.2. The molecule has 4 heteroatoms. The number of aryl methyl sites for hydroxylation is 2. The molecule has 4 aromatic carbocycles. The standard InChI is InChI=1S/C39H37N3O/c1-23(2)30-20-27(26-11-9-8-10-12-26)21-31(39(5,6)7)36(30)42-33-22-40-18-17-32(33)41-38(42)29-16-14-25(4)35-28-15-13-24(3)19-34(28)43-37(29)35/h8-23H,1-7H3. The van der Waals surface area contributed by atoms with E-state index in [0.717, 1.165) is 44.4 Å². The van der Waals surface area contributed by atoms with Gasteiger partial charge in [-0.3, -0.25) is 9.55 Å². The molecule has 0 atom stereocenters. The molecule has 0 radical (unpaired) electrons. The van der Waals surface area contributed by atoms with Crippen molar-refractivity contribution in [1.29, 1.82) is 0 Å². The molecule has 0 aliphatic heterocycles. The summed E-state index contributed by atoms with van der Waals surface area (Å²) in [5, 5.41) is 2.28. The van der Waals surface area contributed by atoms with Gasteiger partial charge in [0.2, 0.25) is 0 Å². The predicted molar refractivity (Wildman–Crippen MR) is 179 cm³/mol. The van der Waals surface area contributed by atoms with Gasteiger partial charge >= 0.3 is 0 Å². The van der Waals surface area contributed by atoms with E-state index in [-0.39, 0.29) is 11.3 Å². The first-order chi connectivity index (χ1) is 20.6. The van der Waals surface area contributed by atoms with Gasteiger partial charge in [0, 0.05) is 17.0 Å². The lowest BCUT2D eigenvalue weighted by atomic mass is 9.80. The van der Waals surface area contributed by atoms with Crippen molar-refractivity contribution in [2.24, 2.45) is 0 Å². The number of nitrogens with zero attached hydrogens (tertiary/aromatic N) is 3. The Morgan fingerprint density at radius 2 is 1.63 bits per heavy atom. The largest absolute Gasteiger partial charge is 0.455 e. The molecule has 0 spiro atoms. The summed E-state index contributed by atoms with van der Waals surface area (Å²) in [6.07, 6.45) is 3.77. The molecule has 0 amide bonds. The molecule has 3 aromatic heterocycles. The quantitative estimate of drug-likeness (QED) is 0.214. The van der Waals surface area contributed by atoms with E-state index in [1.165, 1.54) is 39.1 Å².